The molecule has 2 aliphatic heterocycles. The Morgan fingerprint density at radius 3 is 2.70 bits per heavy atom. The zero-order valence-corrected chi connectivity index (χ0v) is 19.7. The van der Waals surface area contributed by atoms with E-state index in [-0.39, 0.29) is 24.0 Å². The van der Waals surface area contributed by atoms with E-state index in [2.05, 4.69) is 16.0 Å². The van der Waals surface area contributed by atoms with Gasteiger partial charge in [-0.15, -0.1) is 0 Å². The summed E-state index contributed by atoms with van der Waals surface area (Å²) in [5, 5.41) is 11.0. The fourth-order valence-corrected chi connectivity index (χ4v) is 6.48. The number of aryl methyl sites for hydroxylation is 3. The number of anilines is 1. The molecule has 4 heterocycles. The molecule has 0 unspecified atom stereocenters. The first-order valence-electron chi connectivity index (χ1n) is 11.3. The standard InChI is InChI=1S/C24H27N3O5S/c1-11-8-19(29)32-22-12(2)23-15(9-14(11)22)20(13(3)31-23)26-18(28)7-5-4-6-17-21-16(10-33-17)25-24(30)27-21/h8-9,16-17,21H,4-7,10H2,1-3H3,(H,26,28)(H2,25,27,30)/t16-,17-,21-/m0/s1. The van der Waals surface area contributed by atoms with Crippen molar-refractivity contribution in [3.8, 4) is 0 Å². The monoisotopic (exact) mass is 469 g/mol. The number of urea groups is 1. The van der Waals surface area contributed by atoms with Gasteiger partial charge in [-0.25, -0.2) is 9.59 Å². The molecule has 2 fully saturated rings. The third-order valence-corrected chi connectivity index (χ3v) is 8.15. The number of hydrogen-bond acceptors (Lipinski definition) is 6. The number of furan rings is 1. The number of carbonyl (C=O) groups is 2. The van der Waals surface area contributed by atoms with E-state index in [1.54, 1.807) is 0 Å². The highest BCUT2D eigenvalue weighted by molar-refractivity contribution is 8.00. The molecule has 1 aromatic carbocycles. The Balaban J connectivity index is 1.25. The van der Waals surface area contributed by atoms with Crippen molar-refractivity contribution in [3.05, 3.63) is 39.4 Å². The average molecular weight is 470 g/mol. The van der Waals surface area contributed by atoms with Crippen molar-refractivity contribution in [3.63, 3.8) is 0 Å². The number of fused-ring (bicyclic) bond motifs is 3. The maximum absolute atomic E-state index is 12.7. The summed E-state index contributed by atoms with van der Waals surface area (Å²) < 4.78 is 11.4. The predicted molar refractivity (Wildman–Crippen MR) is 129 cm³/mol. The summed E-state index contributed by atoms with van der Waals surface area (Å²) in [6.07, 6.45) is 3.10. The van der Waals surface area contributed by atoms with Crippen LogP contribution in [0.4, 0.5) is 10.5 Å². The Bertz CT molecular complexity index is 1330. The van der Waals surface area contributed by atoms with Gasteiger partial charge in [0, 0.05) is 39.8 Å². The van der Waals surface area contributed by atoms with Gasteiger partial charge in [0.2, 0.25) is 5.91 Å². The van der Waals surface area contributed by atoms with Gasteiger partial charge in [0.1, 0.15) is 16.9 Å². The van der Waals surface area contributed by atoms with Crippen molar-refractivity contribution >= 4 is 51.3 Å². The molecule has 0 radical (unpaired) electrons. The number of amides is 3. The number of benzene rings is 1. The fourth-order valence-electron chi connectivity index (χ4n) is 4.93. The number of nitrogens with one attached hydrogen (secondary N) is 3. The van der Waals surface area contributed by atoms with E-state index >= 15 is 0 Å². The Hall–Kier alpha value is -2.94. The molecule has 3 N–H and O–H groups in total. The highest BCUT2D eigenvalue weighted by Gasteiger charge is 2.42. The molecule has 3 amide bonds. The lowest BCUT2D eigenvalue weighted by molar-refractivity contribution is -0.116. The summed E-state index contributed by atoms with van der Waals surface area (Å²) in [4.78, 5) is 36.0. The predicted octanol–water partition coefficient (Wildman–Crippen LogP) is 4.13. The number of rotatable bonds is 6. The molecule has 2 aromatic heterocycles. The molecule has 3 atom stereocenters. The lowest BCUT2D eigenvalue weighted by Crippen LogP contribution is -2.36. The molecule has 174 valence electrons. The van der Waals surface area contributed by atoms with Gasteiger partial charge in [-0.3, -0.25) is 4.79 Å². The molecule has 2 saturated heterocycles. The van der Waals surface area contributed by atoms with Crippen LogP contribution in [0.25, 0.3) is 21.9 Å². The SMILES string of the molecule is Cc1oc2c(C)c3oc(=O)cc(C)c3cc2c1NC(=O)CCCC[C@@H]1SC[C@@H]2NC(=O)N[C@@H]21. The van der Waals surface area contributed by atoms with E-state index in [0.29, 0.717) is 34.3 Å². The summed E-state index contributed by atoms with van der Waals surface area (Å²) in [5.41, 5.74) is 2.97. The minimum Gasteiger partial charge on any atom is -0.459 e. The normalized spacial score (nSPS) is 21.9. The summed E-state index contributed by atoms with van der Waals surface area (Å²) in [6, 6.07) is 3.74. The Kier molecular flexibility index (Phi) is 5.60. The van der Waals surface area contributed by atoms with Gasteiger partial charge in [0.05, 0.1) is 17.8 Å². The zero-order chi connectivity index (χ0) is 23.3. The molecule has 0 saturated carbocycles. The molecular weight excluding hydrogens is 442 g/mol. The molecule has 3 aromatic rings. The molecule has 2 aliphatic rings. The van der Waals surface area contributed by atoms with Crippen molar-refractivity contribution in [2.24, 2.45) is 0 Å². The van der Waals surface area contributed by atoms with Crippen molar-refractivity contribution in [1.29, 1.82) is 0 Å². The van der Waals surface area contributed by atoms with Crippen LogP contribution >= 0.6 is 11.8 Å². The van der Waals surface area contributed by atoms with Crippen molar-refractivity contribution in [2.75, 3.05) is 11.1 Å². The molecule has 33 heavy (non-hydrogen) atoms. The van der Waals surface area contributed by atoms with Gasteiger partial charge in [-0.2, -0.15) is 11.8 Å². The molecule has 9 heteroatoms. The van der Waals surface area contributed by atoms with E-state index in [9.17, 15) is 14.4 Å². The number of thioether (sulfide) groups is 1. The number of unbranched alkanes of at least 4 members (excludes halogenated alkanes) is 1. The van der Waals surface area contributed by atoms with Gasteiger partial charge < -0.3 is 24.8 Å². The molecule has 8 nitrogen and oxygen atoms in total. The summed E-state index contributed by atoms with van der Waals surface area (Å²) in [6.45, 7) is 5.55. The van der Waals surface area contributed by atoms with Crippen LogP contribution in [0.1, 0.15) is 42.6 Å². The van der Waals surface area contributed by atoms with Gasteiger partial charge in [-0.05, 0) is 45.2 Å². The minimum absolute atomic E-state index is 0.0531. The third kappa shape index (κ3) is 3.99. The van der Waals surface area contributed by atoms with E-state index in [4.69, 9.17) is 8.83 Å². The van der Waals surface area contributed by atoms with Gasteiger partial charge in [0.15, 0.2) is 0 Å². The number of carbonyl (C=O) groups excluding carboxylic acids is 2. The maximum atomic E-state index is 12.7. The minimum atomic E-state index is -0.391. The van der Waals surface area contributed by atoms with Crippen LogP contribution in [0.3, 0.4) is 0 Å². The Labute approximate surface area is 194 Å². The van der Waals surface area contributed by atoms with Crippen LogP contribution in [0.5, 0.6) is 0 Å². The van der Waals surface area contributed by atoms with Crippen LogP contribution in [0.2, 0.25) is 0 Å². The first kappa shape index (κ1) is 21.9. The molecule has 5 rings (SSSR count). The highest BCUT2D eigenvalue weighted by atomic mass is 32.2. The van der Waals surface area contributed by atoms with Gasteiger partial charge in [0.25, 0.3) is 0 Å². The summed E-state index contributed by atoms with van der Waals surface area (Å²) in [7, 11) is 0. The third-order valence-electron chi connectivity index (χ3n) is 6.64. The second-order valence-electron chi connectivity index (χ2n) is 8.95. The van der Waals surface area contributed by atoms with E-state index in [0.717, 1.165) is 46.9 Å². The Morgan fingerprint density at radius 1 is 1.09 bits per heavy atom. The Morgan fingerprint density at radius 2 is 1.88 bits per heavy atom. The van der Waals surface area contributed by atoms with Crippen LogP contribution in [0, 0.1) is 20.8 Å². The molecule has 0 spiro atoms. The summed E-state index contributed by atoms with van der Waals surface area (Å²) in [5.74, 6) is 1.51. The van der Waals surface area contributed by atoms with E-state index in [1.165, 1.54) is 6.07 Å². The first-order valence-corrected chi connectivity index (χ1v) is 12.3. The first-order chi connectivity index (χ1) is 15.8. The average Bonchev–Trinajstić information content (AvgIpc) is 3.40. The molecule has 0 aliphatic carbocycles. The highest BCUT2D eigenvalue weighted by Crippen LogP contribution is 2.37. The van der Waals surface area contributed by atoms with Crippen LogP contribution in [0.15, 0.2) is 25.8 Å². The van der Waals surface area contributed by atoms with Gasteiger partial charge in [-0.1, -0.05) is 6.42 Å². The van der Waals surface area contributed by atoms with Crippen molar-refractivity contribution in [2.45, 2.75) is 63.8 Å². The largest absolute Gasteiger partial charge is 0.459 e. The lowest BCUT2D eigenvalue weighted by atomic mass is 10.0. The van der Waals surface area contributed by atoms with Crippen molar-refractivity contribution < 1.29 is 18.4 Å². The topological polar surface area (TPSA) is 114 Å². The van der Waals surface area contributed by atoms with Crippen LogP contribution in [-0.4, -0.2) is 35.0 Å². The zero-order valence-electron chi connectivity index (χ0n) is 18.9. The quantitative estimate of drug-likeness (QED) is 0.284. The molecular formula is C24H27N3O5S. The van der Waals surface area contributed by atoms with E-state index in [1.807, 2.05) is 38.6 Å². The van der Waals surface area contributed by atoms with E-state index < -0.39 is 5.63 Å². The number of hydrogen-bond donors (Lipinski definition) is 3. The molecule has 0 bridgehead atoms. The fraction of sp³-hybridized carbons (Fsp3) is 0.458. The second-order valence-corrected chi connectivity index (χ2v) is 10.2. The lowest BCUT2D eigenvalue weighted by Gasteiger charge is -2.16. The van der Waals surface area contributed by atoms with Crippen molar-refractivity contribution in [1.82, 2.24) is 10.6 Å². The van der Waals surface area contributed by atoms with Gasteiger partial charge >= 0.3 is 11.7 Å². The second kappa shape index (κ2) is 8.44. The van der Waals surface area contributed by atoms with Crippen LogP contribution in [-0.2, 0) is 4.79 Å². The van der Waals surface area contributed by atoms with Crippen LogP contribution < -0.4 is 21.6 Å². The maximum Gasteiger partial charge on any atom is 0.336 e. The smallest absolute Gasteiger partial charge is 0.336 e. The summed E-state index contributed by atoms with van der Waals surface area (Å²) >= 11 is 1.89.